The summed E-state index contributed by atoms with van der Waals surface area (Å²) in [5.74, 6) is 1.03. The van der Waals surface area contributed by atoms with Crippen molar-refractivity contribution in [2.24, 2.45) is 0 Å². The van der Waals surface area contributed by atoms with Crippen molar-refractivity contribution in [3.8, 4) is 34.2 Å². The van der Waals surface area contributed by atoms with E-state index >= 15 is 0 Å². The van der Waals surface area contributed by atoms with Crippen LogP contribution in [0, 0.1) is 0 Å². The number of hydrogen-bond donors (Lipinski definition) is 0. The molecular weight excluding hydrogens is 594 g/mol. The van der Waals surface area contributed by atoms with Crippen LogP contribution in [0.3, 0.4) is 0 Å². The molecule has 0 spiro atoms. The Bertz CT molecular complexity index is 1960. The van der Waals surface area contributed by atoms with Crippen molar-refractivity contribution in [3.05, 3.63) is 197 Å². The van der Waals surface area contributed by atoms with Crippen LogP contribution in [0.15, 0.2) is 164 Å². The third-order valence-corrected chi connectivity index (χ3v) is 7.96. The molecule has 0 N–H and O–H groups in total. The lowest BCUT2D eigenvalue weighted by molar-refractivity contribution is 0.103. The number of ketones is 3. The van der Waals surface area contributed by atoms with Crippen LogP contribution in [0.25, 0.3) is 34.2 Å². The highest BCUT2D eigenvalue weighted by Gasteiger charge is 2.16. The molecule has 7 rings (SSSR count). The van der Waals surface area contributed by atoms with Gasteiger partial charge in [-0.3, -0.25) is 14.4 Å². The maximum atomic E-state index is 13.0. The third-order valence-electron chi connectivity index (χ3n) is 7.96. The zero-order valence-corrected chi connectivity index (χ0v) is 25.7. The minimum absolute atomic E-state index is 0.0746. The minimum atomic E-state index is -0.0746. The topological polar surface area (TPSA) is 89.9 Å². The van der Waals surface area contributed by atoms with Crippen molar-refractivity contribution in [1.82, 2.24) is 15.0 Å². The van der Waals surface area contributed by atoms with E-state index in [9.17, 15) is 14.4 Å². The number of carbonyl (C=O) groups excluding carboxylic acids is 3. The lowest BCUT2D eigenvalue weighted by Crippen LogP contribution is -2.04. The highest BCUT2D eigenvalue weighted by Crippen LogP contribution is 2.27. The summed E-state index contributed by atoms with van der Waals surface area (Å²) in [6, 6.07) is 48.9. The van der Waals surface area contributed by atoms with E-state index in [1.807, 2.05) is 91.0 Å². The Morgan fingerprint density at radius 3 is 0.708 bits per heavy atom. The van der Waals surface area contributed by atoms with Crippen LogP contribution in [0.5, 0.6) is 0 Å². The second-order valence-electron chi connectivity index (χ2n) is 11.1. The zero-order valence-electron chi connectivity index (χ0n) is 25.7. The summed E-state index contributed by atoms with van der Waals surface area (Å²) in [7, 11) is 0. The minimum Gasteiger partial charge on any atom is -0.289 e. The average Bonchev–Trinajstić information content (AvgIpc) is 3.18. The average molecular weight is 622 g/mol. The number of rotatable bonds is 9. The summed E-state index contributed by atoms with van der Waals surface area (Å²) in [4.78, 5) is 53.5. The smallest absolute Gasteiger partial charge is 0.193 e. The van der Waals surface area contributed by atoms with E-state index in [1.54, 1.807) is 72.8 Å². The summed E-state index contributed by atoms with van der Waals surface area (Å²) in [6.45, 7) is 0. The predicted octanol–water partition coefficient (Wildman–Crippen LogP) is 8.57. The van der Waals surface area contributed by atoms with Crippen molar-refractivity contribution in [1.29, 1.82) is 0 Å². The summed E-state index contributed by atoms with van der Waals surface area (Å²) in [5, 5.41) is 0. The molecule has 0 atom stereocenters. The highest BCUT2D eigenvalue weighted by molar-refractivity contribution is 6.10. The Balaban J connectivity index is 1.25. The molecule has 6 aromatic carbocycles. The second-order valence-corrected chi connectivity index (χ2v) is 11.1. The lowest BCUT2D eigenvalue weighted by Gasteiger charge is -2.10. The number of hydrogen-bond acceptors (Lipinski definition) is 6. The summed E-state index contributed by atoms with van der Waals surface area (Å²) >= 11 is 0. The number of nitrogens with zero attached hydrogens (tertiary/aromatic N) is 3. The van der Waals surface area contributed by atoms with E-state index in [0.29, 0.717) is 67.5 Å². The van der Waals surface area contributed by atoms with Gasteiger partial charge in [0.2, 0.25) is 0 Å². The fourth-order valence-electron chi connectivity index (χ4n) is 5.34. The van der Waals surface area contributed by atoms with Crippen LogP contribution in [-0.2, 0) is 0 Å². The van der Waals surface area contributed by atoms with Crippen LogP contribution >= 0.6 is 0 Å². The molecule has 228 valence electrons. The number of carbonyl (C=O) groups is 3. The van der Waals surface area contributed by atoms with Gasteiger partial charge in [-0.15, -0.1) is 0 Å². The molecule has 0 amide bonds. The van der Waals surface area contributed by atoms with E-state index in [1.165, 1.54) is 0 Å². The Hall–Kier alpha value is -6.66. The van der Waals surface area contributed by atoms with Gasteiger partial charge in [0.1, 0.15) is 0 Å². The summed E-state index contributed by atoms with van der Waals surface area (Å²) in [6.07, 6.45) is 0. The van der Waals surface area contributed by atoms with Crippen LogP contribution in [0.1, 0.15) is 47.8 Å². The molecule has 0 aliphatic carbocycles. The molecule has 0 aliphatic rings. The first kappa shape index (κ1) is 30.0. The van der Waals surface area contributed by atoms with Crippen LogP contribution < -0.4 is 0 Å². The SMILES string of the molecule is O=C(c1ccccc1)c1ccc(-c2nc(-c3ccc(C(=O)c4ccccc4)cc3)nc(-c3ccc(C(=O)c4ccccc4)cc3)n2)cc1. The fraction of sp³-hybridized carbons (Fsp3) is 0. The van der Waals surface area contributed by atoms with Gasteiger partial charge >= 0.3 is 0 Å². The maximum absolute atomic E-state index is 13.0. The molecule has 48 heavy (non-hydrogen) atoms. The van der Waals surface area contributed by atoms with Gasteiger partial charge in [0.05, 0.1) is 0 Å². The standard InChI is InChI=1S/C42H27N3O3/c46-37(28-10-4-1-5-11-28)31-16-22-34(23-17-31)40-43-41(35-24-18-32(19-25-35)38(47)29-12-6-2-7-13-29)45-42(44-40)36-26-20-33(21-27-36)39(48)30-14-8-3-9-15-30/h1-27H. The molecule has 1 heterocycles. The van der Waals surface area contributed by atoms with Gasteiger partial charge in [-0.25, -0.2) is 15.0 Å². The molecule has 0 saturated heterocycles. The van der Waals surface area contributed by atoms with Crippen molar-refractivity contribution in [2.45, 2.75) is 0 Å². The van der Waals surface area contributed by atoms with E-state index < -0.39 is 0 Å². The van der Waals surface area contributed by atoms with Gasteiger partial charge in [-0.05, 0) is 0 Å². The zero-order chi connectivity index (χ0) is 32.9. The monoisotopic (exact) mass is 621 g/mol. The van der Waals surface area contributed by atoms with Gasteiger partial charge in [-0.1, -0.05) is 164 Å². The molecule has 0 radical (unpaired) electrons. The van der Waals surface area contributed by atoms with Crippen LogP contribution in [0.4, 0.5) is 0 Å². The van der Waals surface area contributed by atoms with E-state index in [-0.39, 0.29) is 17.3 Å². The Morgan fingerprint density at radius 1 is 0.271 bits per heavy atom. The van der Waals surface area contributed by atoms with E-state index in [4.69, 9.17) is 15.0 Å². The molecule has 0 fully saturated rings. The van der Waals surface area contributed by atoms with E-state index in [2.05, 4.69) is 0 Å². The second kappa shape index (κ2) is 13.4. The molecule has 1 aromatic heterocycles. The van der Waals surface area contributed by atoms with E-state index in [0.717, 1.165) is 0 Å². The van der Waals surface area contributed by atoms with Crippen molar-refractivity contribution < 1.29 is 14.4 Å². The third kappa shape index (κ3) is 6.36. The highest BCUT2D eigenvalue weighted by atomic mass is 16.1. The van der Waals surface area contributed by atoms with Crippen molar-refractivity contribution in [2.75, 3.05) is 0 Å². The largest absolute Gasteiger partial charge is 0.289 e. The first-order valence-corrected chi connectivity index (χ1v) is 15.4. The Kier molecular flexibility index (Phi) is 8.36. The number of aromatic nitrogens is 3. The predicted molar refractivity (Wildman–Crippen MR) is 186 cm³/mol. The fourth-order valence-corrected chi connectivity index (χ4v) is 5.34. The van der Waals surface area contributed by atoms with Gasteiger partial charge < -0.3 is 0 Å². The quantitative estimate of drug-likeness (QED) is 0.150. The molecule has 0 bridgehead atoms. The Labute approximate surface area is 277 Å². The summed E-state index contributed by atoms with van der Waals surface area (Å²) < 4.78 is 0. The van der Waals surface area contributed by atoms with Gasteiger partial charge in [0.15, 0.2) is 34.8 Å². The molecular formula is C42H27N3O3. The van der Waals surface area contributed by atoms with Gasteiger partial charge in [0, 0.05) is 50.1 Å². The molecule has 0 aliphatic heterocycles. The molecule has 6 nitrogen and oxygen atoms in total. The lowest BCUT2D eigenvalue weighted by atomic mass is 10.0. The van der Waals surface area contributed by atoms with Crippen LogP contribution in [0.2, 0.25) is 0 Å². The molecule has 0 unspecified atom stereocenters. The van der Waals surface area contributed by atoms with Gasteiger partial charge in [-0.2, -0.15) is 0 Å². The molecule has 0 saturated carbocycles. The molecule has 6 heteroatoms. The first-order valence-electron chi connectivity index (χ1n) is 15.4. The summed E-state index contributed by atoms with van der Waals surface area (Å²) in [5.41, 5.74) is 5.60. The van der Waals surface area contributed by atoms with Crippen LogP contribution in [-0.4, -0.2) is 32.3 Å². The maximum Gasteiger partial charge on any atom is 0.193 e. The van der Waals surface area contributed by atoms with Gasteiger partial charge in [0.25, 0.3) is 0 Å². The Morgan fingerprint density at radius 2 is 0.479 bits per heavy atom. The molecule has 7 aromatic rings. The normalized spacial score (nSPS) is 10.8. The van der Waals surface area contributed by atoms with Crippen molar-refractivity contribution in [3.63, 3.8) is 0 Å². The number of benzene rings is 6. The van der Waals surface area contributed by atoms with Crippen molar-refractivity contribution >= 4 is 17.3 Å². The first-order chi connectivity index (χ1) is 23.5.